The van der Waals surface area contributed by atoms with Gasteiger partial charge in [0.1, 0.15) is 11.5 Å². The fraction of sp³-hybridized carbons (Fsp3) is 0.286. The molecule has 12 heavy (non-hydrogen) atoms. The average molecular weight is 183 g/mol. The number of aryl methyl sites for hydroxylation is 1. The second kappa shape index (κ2) is 2.71. The van der Waals surface area contributed by atoms with Crippen LogP contribution in [0.3, 0.4) is 0 Å². The van der Waals surface area contributed by atoms with Gasteiger partial charge >= 0.3 is 0 Å². The molecule has 0 N–H and O–H groups in total. The monoisotopic (exact) mass is 182 g/mol. The Bertz CT molecular complexity index is 409. The lowest BCUT2D eigenvalue weighted by molar-refractivity contribution is 0.666. The molecule has 0 amide bonds. The van der Waals surface area contributed by atoms with Crippen LogP contribution in [0.2, 0.25) is 5.15 Å². The Morgan fingerprint density at radius 1 is 1.50 bits per heavy atom. The number of fused-ring (bicyclic) bond motifs is 1. The second-order valence-electron chi connectivity index (χ2n) is 2.39. The van der Waals surface area contributed by atoms with E-state index in [4.69, 9.17) is 11.6 Å². The zero-order valence-corrected chi connectivity index (χ0v) is 7.28. The molecular weight excluding hydrogens is 176 g/mol. The van der Waals surface area contributed by atoms with Gasteiger partial charge in [0.15, 0.2) is 5.65 Å². The summed E-state index contributed by atoms with van der Waals surface area (Å²) in [5.74, 6) is 0. The van der Waals surface area contributed by atoms with Crippen molar-refractivity contribution in [2.75, 3.05) is 0 Å². The van der Waals surface area contributed by atoms with Crippen molar-refractivity contribution >= 4 is 22.6 Å². The van der Waals surface area contributed by atoms with Crippen LogP contribution in [0.15, 0.2) is 12.5 Å². The highest BCUT2D eigenvalue weighted by Crippen LogP contribution is 2.16. The highest BCUT2D eigenvalue weighted by atomic mass is 35.5. The molecule has 0 aliphatic heterocycles. The fourth-order valence-corrected chi connectivity index (χ4v) is 1.19. The van der Waals surface area contributed by atoms with Crippen LogP contribution in [0.5, 0.6) is 0 Å². The van der Waals surface area contributed by atoms with E-state index in [1.165, 1.54) is 6.33 Å². The molecule has 0 bridgehead atoms. The molecule has 2 aromatic heterocycles. The summed E-state index contributed by atoms with van der Waals surface area (Å²) in [6, 6.07) is 0. The molecule has 0 aromatic carbocycles. The van der Waals surface area contributed by atoms with Crippen LogP contribution >= 0.6 is 11.6 Å². The minimum Gasteiger partial charge on any atom is -0.270 e. The number of nitrogens with zero attached hydrogens (tertiary/aromatic N) is 4. The normalized spacial score (nSPS) is 10.8. The molecule has 0 unspecified atom stereocenters. The molecule has 2 heterocycles. The second-order valence-corrected chi connectivity index (χ2v) is 2.74. The first-order valence-corrected chi connectivity index (χ1v) is 4.02. The predicted octanol–water partition coefficient (Wildman–Crippen LogP) is 1.50. The van der Waals surface area contributed by atoms with Crippen molar-refractivity contribution in [3.8, 4) is 0 Å². The van der Waals surface area contributed by atoms with E-state index in [2.05, 4.69) is 15.1 Å². The molecule has 0 radical (unpaired) electrons. The zero-order valence-electron chi connectivity index (χ0n) is 6.53. The Hall–Kier alpha value is -1.16. The molecule has 4 nitrogen and oxygen atoms in total. The largest absolute Gasteiger partial charge is 0.270 e. The molecule has 0 spiro atoms. The molecule has 5 heteroatoms. The molecule has 62 valence electrons. The summed E-state index contributed by atoms with van der Waals surface area (Å²) in [5, 5.41) is 5.44. The van der Waals surface area contributed by atoms with Crippen molar-refractivity contribution in [2.24, 2.45) is 0 Å². The number of hydrogen-bond acceptors (Lipinski definition) is 3. The Balaban J connectivity index is 2.74. The zero-order chi connectivity index (χ0) is 8.55. The van der Waals surface area contributed by atoms with Crippen molar-refractivity contribution in [1.29, 1.82) is 0 Å². The SMILES string of the molecule is CCn1cc2c(Cl)ncnc2n1. The molecule has 0 fully saturated rings. The number of halogens is 1. The van der Waals surface area contributed by atoms with E-state index in [1.807, 2.05) is 13.1 Å². The van der Waals surface area contributed by atoms with Crippen molar-refractivity contribution in [1.82, 2.24) is 19.7 Å². The third-order valence-corrected chi connectivity index (χ3v) is 1.94. The average Bonchev–Trinajstić information content (AvgIpc) is 2.49. The van der Waals surface area contributed by atoms with E-state index in [0.717, 1.165) is 11.9 Å². The molecule has 0 atom stereocenters. The molecule has 0 saturated carbocycles. The molecule has 0 aliphatic rings. The van der Waals surface area contributed by atoms with Crippen LogP contribution in [0.25, 0.3) is 11.0 Å². The van der Waals surface area contributed by atoms with E-state index in [0.29, 0.717) is 10.8 Å². The Kier molecular flexibility index (Phi) is 1.69. The first-order valence-electron chi connectivity index (χ1n) is 3.65. The summed E-state index contributed by atoms with van der Waals surface area (Å²) in [7, 11) is 0. The van der Waals surface area contributed by atoms with Crippen LogP contribution in [0.4, 0.5) is 0 Å². The summed E-state index contributed by atoms with van der Waals surface area (Å²) < 4.78 is 1.78. The summed E-state index contributed by atoms with van der Waals surface area (Å²) >= 11 is 5.82. The Morgan fingerprint density at radius 3 is 3.00 bits per heavy atom. The van der Waals surface area contributed by atoms with Gasteiger partial charge in [0, 0.05) is 12.7 Å². The van der Waals surface area contributed by atoms with Gasteiger partial charge in [-0.2, -0.15) is 5.10 Å². The smallest absolute Gasteiger partial charge is 0.185 e. The first-order chi connectivity index (χ1) is 5.81. The quantitative estimate of drug-likeness (QED) is 0.628. The summed E-state index contributed by atoms with van der Waals surface area (Å²) in [6.07, 6.45) is 3.26. The van der Waals surface area contributed by atoms with E-state index in [1.54, 1.807) is 4.68 Å². The van der Waals surface area contributed by atoms with Crippen molar-refractivity contribution < 1.29 is 0 Å². The maximum absolute atomic E-state index is 5.82. The number of aromatic nitrogens is 4. The number of rotatable bonds is 1. The Labute approximate surface area is 74.2 Å². The van der Waals surface area contributed by atoms with Crippen LogP contribution < -0.4 is 0 Å². The predicted molar refractivity (Wildman–Crippen MR) is 46.0 cm³/mol. The van der Waals surface area contributed by atoms with Gasteiger partial charge in [-0.15, -0.1) is 0 Å². The van der Waals surface area contributed by atoms with Crippen molar-refractivity contribution in [3.63, 3.8) is 0 Å². The van der Waals surface area contributed by atoms with E-state index in [9.17, 15) is 0 Å². The van der Waals surface area contributed by atoms with Gasteiger partial charge in [0.25, 0.3) is 0 Å². The van der Waals surface area contributed by atoms with Crippen molar-refractivity contribution in [2.45, 2.75) is 13.5 Å². The molecular formula is C7H7ClN4. The fourth-order valence-electron chi connectivity index (χ4n) is 1.02. The van der Waals surface area contributed by atoms with E-state index < -0.39 is 0 Å². The summed E-state index contributed by atoms with van der Waals surface area (Å²) in [6.45, 7) is 2.82. The lowest BCUT2D eigenvalue weighted by Gasteiger charge is -1.88. The van der Waals surface area contributed by atoms with Crippen LogP contribution in [-0.4, -0.2) is 19.7 Å². The van der Waals surface area contributed by atoms with Gasteiger partial charge in [-0.3, -0.25) is 4.68 Å². The summed E-state index contributed by atoms with van der Waals surface area (Å²) in [5.41, 5.74) is 0.650. The third kappa shape index (κ3) is 1.04. The highest BCUT2D eigenvalue weighted by molar-refractivity contribution is 6.33. The van der Waals surface area contributed by atoms with Crippen molar-refractivity contribution in [3.05, 3.63) is 17.7 Å². The third-order valence-electron chi connectivity index (χ3n) is 1.64. The standard InChI is InChI=1S/C7H7ClN4/c1-2-12-3-5-6(8)9-4-10-7(5)11-12/h3-4H,2H2,1H3. The van der Waals surface area contributed by atoms with Crippen LogP contribution in [-0.2, 0) is 6.54 Å². The Morgan fingerprint density at radius 2 is 2.33 bits per heavy atom. The highest BCUT2D eigenvalue weighted by Gasteiger charge is 2.04. The maximum atomic E-state index is 5.82. The molecule has 2 aromatic rings. The van der Waals surface area contributed by atoms with Gasteiger partial charge in [-0.25, -0.2) is 9.97 Å². The van der Waals surface area contributed by atoms with E-state index >= 15 is 0 Å². The van der Waals surface area contributed by atoms with Gasteiger partial charge in [-0.1, -0.05) is 11.6 Å². The topological polar surface area (TPSA) is 43.6 Å². The van der Waals surface area contributed by atoms with Gasteiger partial charge in [0.05, 0.1) is 5.39 Å². The lowest BCUT2D eigenvalue weighted by atomic mass is 10.4. The molecule has 0 saturated heterocycles. The van der Waals surface area contributed by atoms with Crippen LogP contribution in [0.1, 0.15) is 6.92 Å². The lowest BCUT2D eigenvalue weighted by Crippen LogP contribution is -1.92. The number of hydrogen-bond donors (Lipinski definition) is 0. The minimum atomic E-state index is 0.458. The van der Waals surface area contributed by atoms with Gasteiger partial charge in [0.2, 0.25) is 0 Å². The van der Waals surface area contributed by atoms with E-state index in [-0.39, 0.29) is 0 Å². The molecule has 0 aliphatic carbocycles. The summed E-state index contributed by atoms with van der Waals surface area (Å²) in [4.78, 5) is 7.84. The van der Waals surface area contributed by atoms with Gasteiger partial charge in [-0.05, 0) is 6.92 Å². The van der Waals surface area contributed by atoms with Gasteiger partial charge < -0.3 is 0 Å². The minimum absolute atomic E-state index is 0.458. The maximum Gasteiger partial charge on any atom is 0.185 e. The first kappa shape index (κ1) is 7.49. The van der Waals surface area contributed by atoms with Crippen LogP contribution in [0, 0.1) is 0 Å². The molecule has 2 rings (SSSR count).